The zero-order chi connectivity index (χ0) is 31.1. The average molecular weight is 643 g/mol. The Balaban J connectivity index is 1.81. The Kier molecular flexibility index (Phi) is 10.4. The van der Waals surface area contributed by atoms with Crippen LogP contribution in [0.3, 0.4) is 0 Å². The highest BCUT2D eigenvalue weighted by Gasteiger charge is 2.34. The van der Waals surface area contributed by atoms with Crippen molar-refractivity contribution >= 4 is 50.7 Å². The predicted octanol–water partition coefficient (Wildman–Crippen LogP) is 6.02. The van der Waals surface area contributed by atoms with Crippen LogP contribution in [0.25, 0.3) is 0 Å². The summed E-state index contributed by atoms with van der Waals surface area (Å²) >= 11 is 12.4. The highest BCUT2D eigenvalue weighted by molar-refractivity contribution is 7.92. The number of amides is 2. The lowest BCUT2D eigenvalue weighted by Gasteiger charge is -2.33. The summed E-state index contributed by atoms with van der Waals surface area (Å²) in [5, 5.41) is 2.88. The van der Waals surface area contributed by atoms with Crippen molar-refractivity contribution in [3.05, 3.63) is 130 Å². The van der Waals surface area contributed by atoms with Crippen LogP contribution >= 0.6 is 23.2 Å². The predicted molar refractivity (Wildman–Crippen MR) is 167 cm³/mol. The molecule has 0 aliphatic heterocycles. The second kappa shape index (κ2) is 14.0. The summed E-state index contributed by atoms with van der Waals surface area (Å²) in [7, 11) is -2.87. The molecule has 1 N–H and O–H groups in total. The van der Waals surface area contributed by atoms with Crippen LogP contribution in [0.1, 0.15) is 16.7 Å². The van der Waals surface area contributed by atoms with E-state index in [-0.39, 0.29) is 39.2 Å². The van der Waals surface area contributed by atoms with E-state index in [0.717, 1.165) is 15.4 Å². The van der Waals surface area contributed by atoms with Crippen LogP contribution in [-0.4, -0.2) is 44.8 Å². The highest BCUT2D eigenvalue weighted by Crippen LogP contribution is 2.31. The topological polar surface area (TPSA) is 86.8 Å². The molecule has 224 valence electrons. The van der Waals surface area contributed by atoms with E-state index in [2.05, 4.69) is 5.32 Å². The number of benzene rings is 4. The van der Waals surface area contributed by atoms with Gasteiger partial charge in [0.25, 0.3) is 10.0 Å². The Labute approximate surface area is 260 Å². The van der Waals surface area contributed by atoms with Crippen LogP contribution in [0.15, 0.2) is 102 Å². The number of rotatable bonds is 11. The lowest BCUT2D eigenvalue weighted by atomic mass is 10.0. The molecule has 4 rings (SSSR count). The minimum atomic E-state index is -4.31. The van der Waals surface area contributed by atoms with Gasteiger partial charge in [-0.15, -0.1) is 0 Å². The molecule has 0 saturated carbocycles. The van der Waals surface area contributed by atoms with E-state index < -0.39 is 40.2 Å². The third-order valence-electron chi connectivity index (χ3n) is 6.90. The molecule has 2 amide bonds. The van der Waals surface area contributed by atoms with Gasteiger partial charge in [0.2, 0.25) is 11.8 Å². The fourth-order valence-corrected chi connectivity index (χ4v) is 6.24. The van der Waals surface area contributed by atoms with Crippen LogP contribution in [0, 0.1) is 12.7 Å². The molecule has 4 aromatic rings. The van der Waals surface area contributed by atoms with Crippen molar-refractivity contribution in [3.63, 3.8) is 0 Å². The lowest BCUT2D eigenvalue weighted by molar-refractivity contribution is -0.139. The van der Waals surface area contributed by atoms with Gasteiger partial charge >= 0.3 is 0 Å². The number of carbonyl (C=O) groups excluding carboxylic acids is 2. The average Bonchev–Trinajstić information content (AvgIpc) is 3.00. The van der Waals surface area contributed by atoms with E-state index in [1.54, 1.807) is 30.3 Å². The molecule has 0 aromatic heterocycles. The fourth-order valence-electron chi connectivity index (χ4n) is 4.54. The molecule has 1 unspecified atom stereocenters. The van der Waals surface area contributed by atoms with Crippen LogP contribution < -0.4 is 9.62 Å². The number of hydrogen-bond donors (Lipinski definition) is 1. The number of nitrogens with zero attached hydrogens (tertiary/aromatic N) is 2. The number of aryl methyl sites for hydroxylation is 1. The molecule has 7 nitrogen and oxygen atoms in total. The summed E-state index contributed by atoms with van der Waals surface area (Å²) in [6, 6.07) is 24.3. The van der Waals surface area contributed by atoms with Gasteiger partial charge in [0.15, 0.2) is 0 Å². The van der Waals surface area contributed by atoms with Crippen molar-refractivity contribution in [3.8, 4) is 0 Å². The van der Waals surface area contributed by atoms with Gasteiger partial charge in [0.1, 0.15) is 18.4 Å². The molecule has 0 spiro atoms. The molecular weight excluding hydrogens is 612 g/mol. The van der Waals surface area contributed by atoms with E-state index in [0.29, 0.717) is 0 Å². The third kappa shape index (κ3) is 7.73. The zero-order valence-corrected chi connectivity index (χ0v) is 25.8. The van der Waals surface area contributed by atoms with Crippen molar-refractivity contribution in [2.24, 2.45) is 0 Å². The number of likely N-dealkylation sites (N-methyl/N-ethyl adjacent to an activating group) is 1. The highest BCUT2D eigenvalue weighted by atomic mass is 35.5. The van der Waals surface area contributed by atoms with Crippen LogP contribution in [-0.2, 0) is 32.6 Å². The van der Waals surface area contributed by atoms with Gasteiger partial charge in [-0.1, -0.05) is 89.4 Å². The Bertz CT molecular complexity index is 1700. The van der Waals surface area contributed by atoms with Gasteiger partial charge < -0.3 is 10.2 Å². The number of sulfonamides is 1. The van der Waals surface area contributed by atoms with Gasteiger partial charge in [-0.05, 0) is 48.9 Å². The maximum Gasteiger partial charge on any atom is 0.264 e. The number of halogens is 3. The minimum Gasteiger partial charge on any atom is -0.357 e. The number of hydrogen-bond acceptors (Lipinski definition) is 4. The molecule has 4 aromatic carbocycles. The lowest BCUT2D eigenvalue weighted by Crippen LogP contribution is -2.53. The molecule has 0 aliphatic carbocycles. The molecule has 0 radical (unpaired) electrons. The zero-order valence-electron chi connectivity index (χ0n) is 23.5. The standard InChI is InChI=1S/C32H30Cl2FN3O4S/c1-22-12-15-26(16-13-22)43(41,42)38(25-14-17-27(33)28(34)19-25)21-31(39)37(20-24-10-6-7-11-29(24)35)30(32(40)36-2)18-23-8-4-3-5-9-23/h3-17,19,30H,18,20-21H2,1-2H3,(H,36,40). The van der Waals surface area contributed by atoms with Gasteiger partial charge in [0.05, 0.1) is 20.6 Å². The summed E-state index contributed by atoms with van der Waals surface area (Å²) in [5.41, 5.74) is 1.87. The van der Waals surface area contributed by atoms with E-state index in [1.165, 1.54) is 60.5 Å². The summed E-state index contributed by atoms with van der Waals surface area (Å²) in [6.45, 7) is 0.837. The van der Waals surface area contributed by atoms with Gasteiger partial charge in [-0.3, -0.25) is 13.9 Å². The first-order chi connectivity index (χ1) is 20.5. The maximum atomic E-state index is 14.9. The summed E-state index contributed by atoms with van der Waals surface area (Å²) in [4.78, 5) is 28.7. The molecule has 0 fully saturated rings. The molecule has 43 heavy (non-hydrogen) atoms. The summed E-state index contributed by atoms with van der Waals surface area (Å²) in [5.74, 6) is -1.78. The summed E-state index contributed by atoms with van der Waals surface area (Å²) in [6.07, 6.45) is 0.109. The first-order valence-corrected chi connectivity index (χ1v) is 15.5. The number of nitrogens with one attached hydrogen (secondary N) is 1. The molecule has 0 aliphatic rings. The van der Waals surface area contributed by atoms with Crippen molar-refractivity contribution < 1.29 is 22.4 Å². The fraction of sp³-hybridized carbons (Fsp3) is 0.188. The molecule has 1 atom stereocenters. The Morgan fingerprint density at radius 2 is 1.53 bits per heavy atom. The van der Waals surface area contributed by atoms with E-state index in [1.807, 2.05) is 25.1 Å². The number of anilines is 1. The van der Waals surface area contributed by atoms with Gasteiger partial charge in [0, 0.05) is 25.6 Å². The van der Waals surface area contributed by atoms with E-state index in [4.69, 9.17) is 23.2 Å². The molecule has 0 heterocycles. The first kappa shape index (κ1) is 32.0. The van der Waals surface area contributed by atoms with Crippen molar-refractivity contribution in [2.75, 3.05) is 17.9 Å². The van der Waals surface area contributed by atoms with Crippen molar-refractivity contribution in [2.45, 2.75) is 30.8 Å². The Hall–Kier alpha value is -3.92. The van der Waals surface area contributed by atoms with Crippen LogP contribution in [0.5, 0.6) is 0 Å². The first-order valence-electron chi connectivity index (χ1n) is 13.3. The molecule has 0 saturated heterocycles. The van der Waals surface area contributed by atoms with E-state index >= 15 is 0 Å². The van der Waals surface area contributed by atoms with E-state index in [9.17, 15) is 22.4 Å². The summed E-state index contributed by atoms with van der Waals surface area (Å²) < 4.78 is 43.8. The monoisotopic (exact) mass is 641 g/mol. The van der Waals surface area contributed by atoms with Crippen molar-refractivity contribution in [1.29, 1.82) is 0 Å². The molecule has 11 heteroatoms. The van der Waals surface area contributed by atoms with Crippen molar-refractivity contribution in [1.82, 2.24) is 10.2 Å². The molecule has 0 bridgehead atoms. The van der Waals surface area contributed by atoms with Gasteiger partial charge in [-0.2, -0.15) is 0 Å². The van der Waals surface area contributed by atoms with Gasteiger partial charge in [-0.25, -0.2) is 12.8 Å². The Morgan fingerprint density at radius 3 is 2.16 bits per heavy atom. The SMILES string of the molecule is CNC(=O)C(Cc1ccccc1)N(Cc1ccccc1F)C(=O)CN(c1ccc(Cl)c(Cl)c1)S(=O)(=O)c1ccc(C)cc1. The van der Waals surface area contributed by atoms with Crippen LogP contribution in [0.2, 0.25) is 10.0 Å². The van der Waals surface area contributed by atoms with Crippen LogP contribution in [0.4, 0.5) is 10.1 Å². The normalized spacial score (nSPS) is 11.9. The second-order valence-corrected chi connectivity index (χ2v) is 12.5. The largest absolute Gasteiger partial charge is 0.357 e. The molecular formula is C32H30Cl2FN3O4S. The quantitative estimate of drug-likeness (QED) is 0.217. The Morgan fingerprint density at radius 1 is 0.884 bits per heavy atom. The number of carbonyl (C=O) groups is 2. The maximum absolute atomic E-state index is 14.9. The second-order valence-electron chi connectivity index (χ2n) is 9.86. The minimum absolute atomic E-state index is 0.0511. The third-order valence-corrected chi connectivity index (χ3v) is 9.42. The smallest absolute Gasteiger partial charge is 0.264 e.